The van der Waals surface area contributed by atoms with Crippen molar-refractivity contribution in [2.45, 2.75) is 0 Å². The van der Waals surface area contributed by atoms with E-state index < -0.39 is 17.5 Å². The fourth-order valence-electron chi connectivity index (χ4n) is 2.84. The van der Waals surface area contributed by atoms with Crippen molar-refractivity contribution in [3.05, 3.63) is 78.0 Å². The van der Waals surface area contributed by atoms with Crippen LogP contribution in [0.5, 0.6) is 0 Å². The number of fused-ring (bicyclic) bond motifs is 1. The van der Waals surface area contributed by atoms with Gasteiger partial charge in [-0.1, -0.05) is 30.3 Å². The highest BCUT2D eigenvalue weighted by molar-refractivity contribution is 6.12. The van der Waals surface area contributed by atoms with Crippen LogP contribution in [0.4, 0.5) is 14.5 Å². The van der Waals surface area contributed by atoms with Crippen molar-refractivity contribution in [1.82, 2.24) is 14.8 Å². The number of anilines is 1. The molecule has 0 aliphatic rings. The van der Waals surface area contributed by atoms with Crippen molar-refractivity contribution < 1.29 is 13.6 Å². The smallest absolute Gasteiger partial charge is 0.256 e. The molecule has 7 heteroatoms. The monoisotopic (exact) mass is 364 g/mol. The van der Waals surface area contributed by atoms with Crippen molar-refractivity contribution in [1.29, 1.82) is 0 Å². The number of carbonyl (C=O) groups excluding carboxylic acids is 1. The standard InChI is InChI=1S/C20H14F2N4O/c1-26-19-15(11-23-26)14(10-17(24-19)12-5-3-2-4-6-12)20(27)25-18-9-13(21)7-8-16(18)22/h2-11H,1H3,(H,25,27). The van der Waals surface area contributed by atoms with Gasteiger partial charge in [0, 0.05) is 18.7 Å². The van der Waals surface area contributed by atoms with E-state index in [2.05, 4.69) is 15.4 Å². The van der Waals surface area contributed by atoms with Crippen molar-refractivity contribution in [2.75, 3.05) is 5.32 Å². The Kier molecular flexibility index (Phi) is 4.12. The van der Waals surface area contributed by atoms with Crippen LogP contribution in [0.3, 0.4) is 0 Å². The molecule has 134 valence electrons. The molecule has 1 amide bonds. The Morgan fingerprint density at radius 3 is 2.63 bits per heavy atom. The summed E-state index contributed by atoms with van der Waals surface area (Å²) < 4.78 is 28.9. The summed E-state index contributed by atoms with van der Waals surface area (Å²) in [7, 11) is 1.72. The summed E-state index contributed by atoms with van der Waals surface area (Å²) >= 11 is 0. The Labute approximate surface area is 153 Å². The molecule has 0 unspecified atom stereocenters. The summed E-state index contributed by atoms with van der Waals surface area (Å²) in [5.74, 6) is -1.93. The van der Waals surface area contributed by atoms with Gasteiger partial charge in [0.05, 0.1) is 28.5 Å². The number of aryl methyl sites for hydroxylation is 1. The zero-order valence-electron chi connectivity index (χ0n) is 14.3. The Balaban J connectivity index is 1.82. The van der Waals surface area contributed by atoms with Gasteiger partial charge < -0.3 is 5.32 Å². The number of benzene rings is 2. The molecule has 2 aromatic heterocycles. The molecule has 0 saturated carbocycles. The fourth-order valence-corrected chi connectivity index (χ4v) is 2.84. The van der Waals surface area contributed by atoms with Gasteiger partial charge in [-0.05, 0) is 18.2 Å². The van der Waals surface area contributed by atoms with Gasteiger partial charge in [-0.25, -0.2) is 13.8 Å². The SMILES string of the molecule is Cn1ncc2c(C(=O)Nc3cc(F)ccc3F)cc(-c3ccccc3)nc21. The molecule has 0 fully saturated rings. The number of nitrogens with zero attached hydrogens (tertiary/aromatic N) is 3. The Morgan fingerprint density at radius 2 is 1.85 bits per heavy atom. The maximum absolute atomic E-state index is 13.9. The first-order chi connectivity index (χ1) is 13.0. The number of rotatable bonds is 3. The van der Waals surface area contributed by atoms with Crippen LogP contribution in [0.25, 0.3) is 22.3 Å². The molecule has 0 radical (unpaired) electrons. The lowest BCUT2D eigenvalue weighted by atomic mass is 10.1. The van der Waals surface area contributed by atoms with Crippen LogP contribution in [0.15, 0.2) is 60.8 Å². The lowest BCUT2D eigenvalue weighted by Gasteiger charge is -2.10. The third-order valence-electron chi connectivity index (χ3n) is 4.20. The molecule has 27 heavy (non-hydrogen) atoms. The number of aromatic nitrogens is 3. The van der Waals surface area contributed by atoms with E-state index in [-0.39, 0.29) is 11.3 Å². The summed E-state index contributed by atoms with van der Waals surface area (Å²) in [6.45, 7) is 0. The Morgan fingerprint density at radius 1 is 1.07 bits per heavy atom. The van der Waals surface area contributed by atoms with E-state index >= 15 is 0 Å². The number of pyridine rings is 1. The van der Waals surface area contributed by atoms with E-state index in [1.165, 1.54) is 6.20 Å². The van der Waals surface area contributed by atoms with E-state index in [1.807, 2.05) is 30.3 Å². The van der Waals surface area contributed by atoms with Gasteiger partial charge in [0.15, 0.2) is 5.65 Å². The molecule has 0 aliphatic carbocycles. The number of nitrogens with one attached hydrogen (secondary N) is 1. The van der Waals surface area contributed by atoms with E-state index in [0.29, 0.717) is 16.7 Å². The molecule has 0 spiro atoms. The summed E-state index contributed by atoms with van der Waals surface area (Å²) in [6.07, 6.45) is 1.52. The quantitative estimate of drug-likeness (QED) is 0.594. The lowest BCUT2D eigenvalue weighted by Crippen LogP contribution is -2.14. The van der Waals surface area contributed by atoms with Gasteiger partial charge in [0.25, 0.3) is 5.91 Å². The minimum atomic E-state index is -0.718. The minimum absolute atomic E-state index is 0.227. The molecule has 0 aliphatic heterocycles. The van der Waals surface area contributed by atoms with Crippen LogP contribution in [0, 0.1) is 11.6 Å². The average Bonchev–Trinajstić information content (AvgIpc) is 3.05. The van der Waals surface area contributed by atoms with Crippen molar-refractivity contribution in [3.63, 3.8) is 0 Å². The second-order valence-electron chi connectivity index (χ2n) is 6.00. The first kappa shape index (κ1) is 16.8. The van der Waals surface area contributed by atoms with E-state index in [1.54, 1.807) is 17.8 Å². The van der Waals surface area contributed by atoms with Crippen molar-refractivity contribution in [3.8, 4) is 11.3 Å². The second kappa shape index (κ2) is 6.60. The summed E-state index contributed by atoms with van der Waals surface area (Å²) in [5.41, 5.74) is 1.97. The highest BCUT2D eigenvalue weighted by Crippen LogP contribution is 2.26. The maximum Gasteiger partial charge on any atom is 0.256 e. The normalized spacial score (nSPS) is 10.9. The van der Waals surface area contributed by atoms with Crippen LogP contribution in [0.1, 0.15) is 10.4 Å². The van der Waals surface area contributed by atoms with Gasteiger partial charge in [-0.15, -0.1) is 0 Å². The summed E-state index contributed by atoms with van der Waals surface area (Å²) in [5, 5.41) is 7.10. The average molecular weight is 364 g/mol. The Hall–Kier alpha value is -3.61. The third kappa shape index (κ3) is 3.15. The van der Waals surface area contributed by atoms with Crippen LogP contribution >= 0.6 is 0 Å². The van der Waals surface area contributed by atoms with Gasteiger partial charge in [-0.3, -0.25) is 9.48 Å². The molecule has 4 aromatic rings. The molecule has 4 rings (SSSR count). The van der Waals surface area contributed by atoms with Crippen LogP contribution in [-0.2, 0) is 7.05 Å². The molecular weight excluding hydrogens is 350 g/mol. The molecule has 0 saturated heterocycles. The van der Waals surface area contributed by atoms with E-state index in [4.69, 9.17) is 0 Å². The van der Waals surface area contributed by atoms with Gasteiger partial charge in [0.1, 0.15) is 11.6 Å². The first-order valence-corrected chi connectivity index (χ1v) is 8.17. The molecule has 0 bridgehead atoms. The predicted octanol–water partition coefficient (Wildman–Crippen LogP) is 4.17. The van der Waals surface area contributed by atoms with E-state index in [9.17, 15) is 13.6 Å². The van der Waals surface area contributed by atoms with Crippen molar-refractivity contribution >= 4 is 22.6 Å². The minimum Gasteiger partial charge on any atom is -0.319 e. The van der Waals surface area contributed by atoms with Crippen molar-refractivity contribution in [2.24, 2.45) is 7.05 Å². The highest BCUT2D eigenvalue weighted by atomic mass is 19.1. The molecule has 1 N–H and O–H groups in total. The third-order valence-corrected chi connectivity index (χ3v) is 4.20. The largest absolute Gasteiger partial charge is 0.319 e. The zero-order valence-corrected chi connectivity index (χ0v) is 14.3. The topological polar surface area (TPSA) is 59.8 Å². The molecule has 5 nitrogen and oxygen atoms in total. The number of halogens is 2. The van der Waals surface area contributed by atoms with Gasteiger partial charge in [-0.2, -0.15) is 5.10 Å². The lowest BCUT2D eigenvalue weighted by molar-refractivity contribution is 0.102. The molecule has 2 aromatic carbocycles. The molecule has 0 atom stereocenters. The van der Waals surface area contributed by atoms with Gasteiger partial charge in [0.2, 0.25) is 0 Å². The second-order valence-corrected chi connectivity index (χ2v) is 6.00. The molecular formula is C20H14F2N4O. The number of hydrogen-bond donors (Lipinski definition) is 1. The first-order valence-electron chi connectivity index (χ1n) is 8.17. The summed E-state index contributed by atoms with van der Waals surface area (Å²) in [4.78, 5) is 17.4. The maximum atomic E-state index is 13.9. The zero-order chi connectivity index (χ0) is 19.0. The number of carbonyl (C=O) groups is 1. The highest BCUT2D eigenvalue weighted by Gasteiger charge is 2.18. The van der Waals surface area contributed by atoms with Crippen LogP contribution in [0.2, 0.25) is 0 Å². The Bertz CT molecular complexity index is 1160. The fraction of sp³-hybridized carbons (Fsp3) is 0.0500. The van der Waals surface area contributed by atoms with Crippen LogP contribution in [-0.4, -0.2) is 20.7 Å². The van der Waals surface area contributed by atoms with E-state index in [0.717, 1.165) is 23.8 Å². The summed E-state index contributed by atoms with van der Waals surface area (Å²) in [6, 6.07) is 13.9. The number of amides is 1. The molecule has 2 heterocycles. The van der Waals surface area contributed by atoms with Gasteiger partial charge >= 0.3 is 0 Å². The van der Waals surface area contributed by atoms with Crippen LogP contribution < -0.4 is 5.32 Å². The number of hydrogen-bond acceptors (Lipinski definition) is 3. The predicted molar refractivity (Wildman–Crippen MR) is 98.3 cm³/mol.